The third-order valence-electron chi connectivity index (χ3n) is 3.47. The van der Waals surface area contributed by atoms with E-state index in [4.69, 9.17) is 16.3 Å². The SMILES string of the molecule is CC(C)Oc1ccc(Cl)cc1C(=O)NCC1(CO)CC1. The molecule has 1 fully saturated rings. The van der Waals surface area contributed by atoms with Gasteiger partial charge in [0.25, 0.3) is 5.91 Å². The molecule has 110 valence electrons. The zero-order valence-electron chi connectivity index (χ0n) is 11.8. The van der Waals surface area contributed by atoms with Gasteiger partial charge in [-0.25, -0.2) is 0 Å². The highest BCUT2D eigenvalue weighted by Gasteiger charge is 2.42. The number of aliphatic hydroxyl groups is 1. The molecular formula is C15H20ClNO3. The van der Waals surface area contributed by atoms with E-state index in [1.54, 1.807) is 18.2 Å². The van der Waals surface area contributed by atoms with Crippen LogP contribution in [0.5, 0.6) is 5.75 Å². The van der Waals surface area contributed by atoms with Crippen LogP contribution >= 0.6 is 11.6 Å². The number of halogens is 1. The molecule has 0 heterocycles. The third-order valence-corrected chi connectivity index (χ3v) is 3.70. The van der Waals surface area contributed by atoms with Gasteiger partial charge in [-0.2, -0.15) is 0 Å². The van der Waals surface area contributed by atoms with Crippen LogP contribution in [-0.4, -0.2) is 30.3 Å². The zero-order valence-corrected chi connectivity index (χ0v) is 12.5. The minimum Gasteiger partial charge on any atom is -0.490 e. The Morgan fingerprint density at radius 1 is 1.50 bits per heavy atom. The summed E-state index contributed by atoms with van der Waals surface area (Å²) in [5, 5.41) is 12.6. The Kier molecular flexibility index (Phi) is 4.55. The highest BCUT2D eigenvalue weighted by atomic mass is 35.5. The maximum Gasteiger partial charge on any atom is 0.255 e. The molecule has 1 amide bonds. The fourth-order valence-electron chi connectivity index (χ4n) is 1.97. The van der Waals surface area contributed by atoms with Gasteiger partial charge in [0, 0.05) is 17.0 Å². The van der Waals surface area contributed by atoms with Crippen molar-refractivity contribution in [1.82, 2.24) is 5.32 Å². The smallest absolute Gasteiger partial charge is 0.255 e. The van der Waals surface area contributed by atoms with Crippen molar-refractivity contribution in [2.24, 2.45) is 5.41 Å². The van der Waals surface area contributed by atoms with Gasteiger partial charge in [0.1, 0.15) is 5.75 Å². The standard InChI is InChI=1S/C15H20ClNO3/c1-10(2)20-13-4-3-11(16)7-12(13)14(19)17-8-15(9-18)5-6-15/h3-4,7,10,18H,5-6,8-9H2,1-2H3,(H,17,19). The molecule has 20 heavy (non-hydrogen) atoms. The molecule has 0 spiro atoms. The fraction of sp³-hybridized carbons (Fsp3) is 0.533. The lowest BCUT2D eigenvalue weighted by atomic mass is 10.1. The molecule has 0 saturated heterocycles. The van der Waals surface area contributed by atoms with Crippen LogP contribution < -0.4 is 10.1 Å². The number of rotatable bonds is 6. The van der Waals surface area contributed by atoms with Crippen LogP contribution in [0.15, 0.2) is 18.2 Å². The van der Waals surface area contributed by atoms with Gasteiger partial charge in [0.2, 0.25) is 0 Å². The lowest BCUT2D eigenvalue weighted by Crippen LogP contribution is -2.32. The van der Waals surface area contributed by atoms with Crippen LogP contribution in [0.2, 0.25) is 5.02 Å². The van der Waals surface area contributed by atoms with Crippen molar-refractivity contribution in [2.75, 3.05) is 13.2 Å². The number of nitrogens with one attached hydrogen (secondary N) is 1. The maximum absolute atomic E-state index is 12.3. The van der Waals surface area contributed by atoms with Gasteiger partial charge < -0.3 is 15.2 Å². The van der Waals surface area contributed by atoms with Gasteiger partial charge in [0.05, 0.1) is 18.3 Å². The summed E-state index contributed by atoms with van der Waals surface area (Å²) in [5.74, 6) is 0.304. The molecule has 0 aliphatic heterocycles. The molecule has 1 aliphatic carbocycles. The largest absolute Gasteiger partial charge is 0.490 e. The average molecular weight is 298 g/mol. The first-order chi connectivity index (χ1) is 9.46. The predicted molar refractivity (Wildman–Crippen MR) is 78.3 cm³/mol. The normalized spacial score (nSPS) is 16.1. The fourth-order valence-corrected chi connectivity index (χ4v) is 2.14. The Bertz CT molecular complexity index is 498. The summed E-state index contributed by atoms with van der Waals surface area (Å²) in [4.78, 5) is 12.3. The first kappa shape index (κ1) is 15.1. The van der Waals surface area contributed by atoms with E-state index in [2.05, 4.69) is 5.32 Å². The predicted octanol–water partition coefficient (Wildman–Crippen LogP) is 2.63. The molecule has 0 unspecified atom stereocenters. The van der Waals surface area contributed by atoms with Crippen molar-refractivity contribution >= 4 is 17.5 Å². The van der Waals surface area contributed by atoms with E-state index in [0.717, 1.165) is 12.8 Å². The van der Waals surface area contributed by atoms with Crippen LogP contribution in [0.4, 0.5) is 0 Å². The Balaban J connectivity index is 2.09. The molecule has 0 bridgehead atoms. The minimum absolute atomic E-state index is 0.0186. The second kappa shape index (κ2) is 6.02. The van der Waals surface area contributed by atoms with Crippen molar-refractivity contribution in [3.05, 3.63) is 28.8 Å². The molecule has 1 aliphatic rings. The van der Waals surface area contributed by atoms with Crippen molar-refractivity contribution in [2.45, 2.75) is 32.8 Å². The molecular weight excluding hydrogens is 278 g/mol. The van der Waals surface area contributed by atoms with Crippen molar-refractivity contribution in [1.29, 1.82) is 0 Å². The Morgan fingerprint density at radius 2 is 2.20 bits per heavy atom. The zero-order chi connectivity index (χ0) is 14.8. The first-order valence-electron chi connectivity index (χ1n) is 6.81. The quantitative estimate of drug-likeness (QED) is 0.848. The number of hydrogen-bond acceptors (Lipinski definition) is 3. The van der Waals surface area contributed by atoms with Gasteiger partial charge in [-0.05, 0) is 44.9 Å². The summed E-state index contributed by atoms with van der Waals surface area (Å²) in [6.45, 7) is 4.40. The number of carbonyl (C=O) groups excluding carboxylic acids is 1. The second-order valence-electron chi connectivity index (χ2n) is 5.65. The molecule has 0 radical (unpaired) electrons. The first-order valence-corrected chi connectivity index (χ1v) is 7.19. The number of ether oxygens (including phenoxy) is 1. The van der Waals surface area contributed by atoms with E-state index >= 15 is 0 Å². The van der Waals surface area contributed by atoms with E-state index in [9.17, 15) is 9.90 Å². The molecule has 5 heteroatoms. The van der Waals surface area contributed by atoms with Crippen molar-refractivity contribution in [3.63, 3.8) is 0 Å². The summed E-state index contributed by atoms with van der Waals surface area (Å²) in [6.07, 6.45) is 1.89. The summed E-state index contributed by atoms with van der Waals surface area (Å²) < 4.78 is 5.63. The lowest BCUT2D eigenvalue weighted by Gasteiger charge is -2.16. The Hall–Kier alpha value is -1.26. The molecule has 4 nitrogen and oxygen atoms in total. The summed E-state index contributed by atoms with van der Waals surface area (Å²) >= 11 is 5.95. The van der Waals surface area contributed by atoms with E-state index in [-0.39, 0.29) is 24.0 Å². The maximum atomic E-state index is 12.3. The van der Waals surface area contributed by atoms with Crippen LogP contribution in [0.1, 0.15) is 37.0 Å². The van der Waals surface area contributed by atoms with Gasteiger partial charge in [-0.1, -0.05) is 11.6 Å². The van der Waals surface area contributed by atoms with E-state index in [1.165, 1.54) is 0 Å². The van der Waals surface area contributed by atoms with Crippen LogP contribution in [0, 0.1) is 5.41 Å². The van der Waals surface area contributed by atoms with E-state index in [0.29, 0.717) is 22.9 Å². The molecule has 1 aromatic carbocycles. The number of hydrogen-bond donors (Lipinski definition) is 2. The van der Waals surface area contributed by atoms with E-state index in [1.807, 2.05) is 13.8 Å². The molecule has 2 rings (SSSR count). The highest BCUT2D eigenvalue weighted by Crippen LogP contribution is 2.44. The second-order valence-corrected chi connectivity index (χ2v) is 6.08. The summed E-state index contributed by atoms with van der Waals surface area (Å²) in [7, 11) is 0. The van der Waals surface area contributed by atoms with Gasteiger partial charge in [-0.15, -0.1) is 0 Å². The molecule has 1 saturated carbocycles. The lowest BCUT2D eigenvalue weighted by molar-refractivity contribution is 0.0929. The van der Waals surface area contributed by atoms with Gasteiger partial charge in [-0.3, -0.25) is 4.79 Å². The summed E-state index contributed by atoms with van der Waals surface area (Å²) in [6, 6.07) is 5.01. The topological polar surface area (TPSA) is 58.6 Å². The van der Waals surface area contributed by atoms with E-state index < -0.39 is 0 Å². The molecule has 0 aromatic heterocycles. The molecule has 1 aromatic rings. The number of amides is 1. The van der Waals surface area contributed by atoms with Crippen molar-refractivity contribution < 1.29 is 14.6 Å². The van der Waals surface area contributed by atoms with Crippen LogP contribution in [0.3, 0.4) is 0 Å². The highest BCUT2D eigenvalue weighted by molar-refractivity contribution is 6.31. The van der Waals surface area contributed by atoms with Crippen LogP contribution in [-0.2, 0) is 0 Å². The Labute approximate surface area is 124 Å². The number of benzene rings is 1. The van der Waals surface area contributed by atoms with Gasteiger partial charge >= 0.3 is 0 Å². The molecule has 2 N–H and O–H groups in total. The summed E-state index contributed by atoms with van der Waals surface area (Å²) in [5.41, 5.74) is 0.313. The number of carbonyl (C=O) groups is 1. The molecule has 0 atom stereocenters. The monoisotopic (exact) mass is 297 g/mol. The Morgan fingerprint density at radius 3 is 2.75 bits per heavy atom. The average Bonchev–Trinajstić information content (AvgIpc) is 3.18. The van der Waals surface area contributed by atoms with Crippen molar-refractivity contribution in [3.8, 4) is 5.75 Å². The van der Waals surface area contributed by atoms with Crippen LogP contribution in [0.25, 0.3) is 0 Å². The third kappa shape index (κ3) is 3.64. The minimum atomic E-state index is -0.220. The number of aliphatic hydroxyl groups excluding tert-OH is 1. The van der Waals surface area contributed by atoms with Gasteiger partial charge in [0.15, 0.2) is 0 Å².